The van der Waals surface area contributed by atoms with Crippen molar-refractivity contribution in [2.45, 2.75) is 18.9 Å². The van der Waals surface area contributed by atoms with Gasteiger partial charge in [0.05, 0.1) is 6.54 Å². The summed E-state index contributed by atoms with van der Waals surface area (Å²) in [4.78, 5) is 23.3. The van der Waals surface area contributed by atoms with Crippen LogP contribution >= 0.6 is 15.9 Å². The standard InChI is InChI=1S/C16H22BrNO5/c1-22-7-6-12(8-11-4-3-5-13(17)9-11)15(19)18-10-14(23-2)16(20)21/h3-5,9,12,14H,6-8,10H2,1-2H3,(H,18,19)(H,20,21). The quantitative estimate of drug-likeness (QED) is 0.639. The van der Waals surface area contributed by atoms with Crippen molar-refractivity contribution in [1.82, 2.24) is 5.32 Å². The lowest BCUT2D eigenvalue weighted by molar-refractivity contribution is -0.148. The average molecular weight is 388 g/mol. The molecule has 7 heteroatoms. The predicted octanol–water partition coefficient (Wildman–Crippen LogP) is 1.86. The minimum absolute atomic E-state index is 0.0629. The molecule has 0 radical (unpaired) electrons. The van der Waals surface area contributed by atoms with Gasteiger partial charge in [-0.25, -0.2) is 4.79 Å². The van der Waals surface area contributed by atoms with Gasteiger partial charge in [-0.2, -0.15) is 0 Å². The van der Waals surface area contributed by atoms with Gasteiger partial charge in [-0.15, -0.1) is 0 Å². The van der Waals surface area contributed by atoms with Gasteiger partial charge >= 0.3 is 5.97 Å². The molecule has 2 unspecified atom stereocenters. The number of carboxylic acid groups (broad SMARTS) is 1. The minimum Gasteiger partial charge on any atom is -0.479 e. The fraction of sp³-hybridized carbons (Fsp3) is 0.500. The zero-order valence-corrected chi connectivity index (χ0v) is 14.8. The molecule has 1 amide bonds. The van der Waals surface area contributed by atoms with E-state index >= 15 is 0 Å². The fourth-order valence-corrected chi connectivity index (χ4v) is 2.59. The third kappa shape index (κ3) is 7.11. The number of carboxylic acids is 1. The van der Waals surface area contributed by atoms with Crippen molar-refractivity contribution in [3.8, 4) is 0 Å². The molecule has 0 aliphatic rings. The van der Waals surface area contributed by atoms with Crippen LogP contribution in [0.2, 0.25) is 0 Å². The maximum Gasteiger partial charge on any atom is 0.334 e. The summed E-state index contributed by atoms with van der Waals surface area (Å²) in [6.45, 7) is 0.394. The highest BCUT2D eigenvalue weighted by Crippen LogP contribution is 2.17. The van der Waals surface area contributed by atoms with Crippen LogP contribution in [0.3, 0.4) is 0 Å². The van der Waals surface area contributed by atoms with E-state index in [0.717, 1.165) is 10.0 Å². The molecule has 0 aliphatic heterocycles. The molecular formula is C16H22BrNO5. The molecule has 0 fully saturated rings. The first-order valence-electron chi connectivity index (χ1n) is 7.24. The first kappa shape index (κ1) is 19.6. The molecule has 1 aromatic carbocycles. The lowest BCUT2D eigenvalue weighted by Gasteiger charge is -2.18. The van der Waals surface area contributed by atoms with Crippen LogP contribution in [0.4, 0.5) is 0 Å². The van der Waals surface area contributed by atoms with Crippen molar-refractivity contribution < 1.29 is 24.2 Å². The number of nitrogens with one attached hydrogen (secondary N) is 1. The Morgan fingerprint density at radius 3 is 2.65 bits per heavy atom. The molecule has 0 saturated carbocycles. The smallest absolute Gasteiger partial charge is 0.334 e. The molecule has 23 heavy (non-hydrogen) atoms. The Morgan fingerprint density at radius 1 is 1.35 bits per heavy atom. The van der Waals surface area contributed by atoms with Crippen LogP contribution in [0, 0.1) is 5.92 Å². The molecule has 1 aromatic rings. The second-order valence-corrected chi connectivity index (χ2v) is 6.04. The maximum absolute atomic E-state index is 12.4. The van der Waals surface area contributed by atoms with E-state index in [1.807, 2.05) is 24.3 Å². The number of aliphatic carboxylic acids is 1. The van der Waals surface area contributed by atoms with Gasteiger partial charge in [0.1, 0.15) is 0 Å². The van der Waals surface area contributed by atoms with Crippen molar-refractivity contribution in [2.24, 2.45) is 5.92 Å². The number of rotatable bonds is 10. The second-order valence-electron chi connectivity index (χ2n) is 5.12. The van der Waals surface area contributed by atoms with Crippen LogP contribution in [-0.2, 0) is 25.5 Å². The number of carbonyl (C=O) groups is 2. The summed E-state index contributed by atoms with van der Waals surface area (Å²) in [6, 6.07) is 7.75. The number of ether oxygens (including phenoxy) is 2. The van der Waals surface area contributed by atoms with Crippen LogP contribution < -0.4 is 5.32 Å². The van der Waals surface area contributed by atoms with E-state index in [9.17, 15) is 9.59 Å². The summed E-state index contributed by atoms with van der Waals surface area (Å²) in [5, 5.41) is 11.6. The molecular weight excluding hydrogens is 366 g/mol. The minimum atomic E-state index is -1.10. The molecule has 0 bridgehead atoms. The first-order chi connectivity index (χ1) is 11.0. The Morgan fingerprint density at radius 2 is 2.09 bits per heavy atom. The van der Waals surface area contributed by atoms with Gasteiger partial charge in [0.15, 0.2) is 6.10 Å². The molecule has 0 aliphatic carbocycles. The second kappa shape index (κ2) is 10.4. The van der Waals surface area contributed by atoms with E-state index in [-0.39, 0.29) is 18.4 Å². The number of hydrogen-bond acceptors (Lipinski definition) is 4. The zero-order chi connectivity index (χ0) is 17.2. The van der Waals surface area contributed by atoms with Crippen LogP contribution in [0.15, 0.2) is 28.7 Å². The SMILES string of the molecule is COCCC(Cc1cccc(Br)c1)C(=O)NCC(OC)C(=O)O. The number of carbonyl (C=O) groups excluding carboxylic acids is 1. The molecule has 0 heterocycles. The lowest BCUT2D eigenvalue weighted by Crippen LogP contribution is -2.41. The molecule has 2 atom stereocenters. The van der Waals surface area contributed by atoms with Crippen molar-refractivity contribution in [3.05, 3.63) is 34.3 Å². The van der Waals surface area contributed by atoms with Gasteiger partial charge in [0.2, 0.25) is 5.91 Å². The topological polar surface area (TPSA) is 84.9 Å². The normalized spacial score (nSPS) is 13.3. The number of amides is 1. The number of benzene rings is 1. The Hall–Kier alpha value is -1.44. The molecule has 2 N–H and O–H groups in total. The zero-order valence-electron chi connectivity index (χ0n) is 13.3. The van der Waals surface area contributed by atoms with Crippen molar-refractivity contribution in [1.29, 1.82) is 0 Å². The molecule has 0 spiro atoms. The monoisotopic (exact) mass is 387 g/mol. The highest BCUT2D eigenvalue weighted by atomic mass is 79.9. The maximum atomic E-state index is 12.4. The summed E-state index contributed by atoms with van der Waals surface area (Å²) in [7, 11) is 2.88. The van der Waals surface area contributed by atoms with E-state index in [4.69, 9.17) is 14.6 Å². The highest BCUT2D eigenvalue weighted by Gasteiger charge is 2.22. The largest absolute Gasteiger partial charge is 0.479 e. The highest BCUT2D eigenvalue weighted by molar-refractivity contribution is 9.10. The van der Waals surface area contributed by atoms with Crippen molar-refractivity contribution in [2.75, 3.05) is 27.4 Å². The number of methoxy groups -OCH3 is 2. The summed E-state index contributed by atoms with van der Waals surface area (Å²) in [5.74, 6) is -1.60. The van der Waals surface area contributed by atoms with Gasteiger partial charge < -0.3 is 19.9 Å². The Balaban J connectivity index is 2.68. The van der Waals surface area contributed by atoms with E-state index in [1.165, 1.54) is 7.11 Å². The van der Waals surface area contributed by atoms with Gasteiger partial charge in [-0.3, -0.25) is 4.79 Å². The molecule has 6 nitrogen and oxygen atoms in total. The lowest BCUT2D eigenvalue weighted by atomic mass is 9.95. The molecule has 1 rings (SSSR count). The van der Waals surface area contributed by atoms with Crippen LogP contribution in [-0.4, -0.2) is 50.5 Å². The van der Waals surface area contributed by atoms with E-state index < -0.39 is 12.1 Å². The van der Waals surface area contributed by atoms with Gasteiger partial charge in [-0.1, -0.05) is 28.1 Å². The van der Waals surface area contributed by atoms with Gasteiger partial charge in [-0.05, 0) is 30.5 Å². The molecule has 128 valence electrons. The predicted molar refractivity (Wildman–Crippen MR) is 89.3 cm³/mol. The van der Waals surface area contributed by atoms with E-state index in [2.05, 4.69) is 21.2 Å². The van der Waals surface area contributed by atoms with Gasteiger partial charge in [0.25, 0.3) is 0 Å². The molecule has 0 saturated heterocycles. The summed E-state index contributed by atoms with van der Waals surface area (Å²) < 4.78 is 10.8. The number of hydrogen-bond donors (Lipinski definition) is 2. The Bertz CT molecular complexity index is 523. The summed E-state index contributed by atoms with van der Waals surface area (Å²) >= 11 is 3.41. The van der Waals surface area contributed by atoms with E-state index in [0.29, 0.717) is 19.4 Å². The van der Waals surface area contributed by atoms with Crippen LogP contribution in [0.5, 0.6) is 0 Å². The van der Waals surface area contributed by atoms with Crippen molar-refractivity contribution >= 4 is 27.8 Å². The average Bonchev–Trinajstić information content (AvgIpc) is 2.51. The van der Waals surface area contributed by atoms with Crippen molar-refractivity contribution in [3.63, 3.8) is 0 Å². The van der Waals surface area contributed by atoms with E-state index in [1.54, 1.807) is 7.11 Å². The van der Waals surface area contributed by atoms with Gasteiger partial charge in [0, 0.05) is 31.2 Å². The molecule has 0 aromatic heterocycles. The summed E-state index contributed by atoms with van der Waals surface area (Å²) in [5.41, 5.74) is 1.03. The summed E-state index contributed by atoms with van der Waals surface area (Å²) in [6.07, 6.45) is 0.0618. The van der Waals surface area contributed by atoms with Crippen LogP contribution in [0.25, 0.3) is 0 Å². The number of halogens is 1. The van der Waals surface area contributed by atoms with Crippen LogP contribution in [0.1, 0.15) is 12.0 Å². The third-order valence-corrected chi connectivity index (χ3v) is 3.93. The first-order valence-corrected chi connectivity index (χ1v) is 8.04. The Labute approximate surface area is 144 Å². The third-order valence-electron chi connectivity index (χ3n) is 3.43. The Kier molecular flexibility index (Phi) is 8.83. The fourth-order valence-electron chi connectivity index (χ4n) is 2.14.